The highest BCUT2D eigenvalue weighted by atomic mass is 79.9. The van der Waals surface area contributed by atoms with E-state index in [9.17, 15) is 19.5 Å². The number of hydrogen-bond acceptors (Lipinski definition) is 6. The molecule has 206 valence electrons. The summed E-state index contributed by atoms with van der Waals surface area (Å²) >= 11 is 3.39. The van der Waals surface area contributed by atoms with E-state index in [1.54, 1.807) is 54.9 Å². The minimum atomic E-state index is -1.87. The number of anilines is 2. The third-order valence-electron chi connectivity index (χ3n) is 5.93. The maximum absolute atomic E-state index is 13.8. The molecular formula is C29H26BrN3O7. The van der Waals surface area contributed by atoms with E-state index >= 15 is 0 Å². The molecule has 0 aliphatic heterocycles. The Labute approximate surface area is 238 Å². The Morgan fingerprint density at radius 1 is 0.900 bits per heavy atom. The third kappa shape index (κ3) is 6.33. The topological polar surface area (TPSA) is 128 Å². The van der Waals surface area contributed by atoms with Crippen molar-refractivity contribution < 1.29 is 33.7 Å². The minimum absolute atomic E-state index is 0.0773. The lowest BCUT2D eigenvalue weighted by Crippen LogP contribution is -2.49. The number of Topliss-reactive ketones (excluding diaryl/α,β-unsaturated/α-hetero) is 1. The maximum atomic E-state index is 13.8. The zero-order valence-electron chi connectivity index (χ0n) is 21.6. The van der Waals surface area contributed by atoms with Gasteiger partial charge in [0.1, 0.15) is 11.5 Å². The monoisotopic (exact) mass is 607 g/mol. The number of nitrogens with zero attached hydrogens (tertiary/aromatic N) is 1. The molecule has 1 heterocycles. The van der Waals surface area contributed by atoms with Gasteiger partial charge in [0, 0.05) is 30.4 Å². The van der Waals surface area contributed by atoms with Crippen LogP contribution in [0.1, 0.15) is 15.9 Å². The fourth-order valence-electron chi connectivity index (χ4n) is 3.96. The van der Waals surface area contributed by atoms with Crippen LogP contribution in [0.5, 0.6) is 11.5 Å². The normalized spacial score (nSPS) is 12.2. The second-order valence-corrected chi connectivity index (χ2v) is 9.36. The molecule has 0 bridgehead atoms. The average Bonchev–Trinajstić information content (AvgIpc) is 3.49. The number of para-hydroxylation sites is 1. The molecule has 2 amide bonds. The number of nitrogens with one attached hydrogen (secondary N) is 2. The van der Waals surface area contributed by atoms with Crippen LogP contribution in [0, 0.1) is 0 Å². The smallest absolute Gasteiger partial charge is 0.361 e. The van der Waals surface area contributed by atoms with Gasteiger partial charge in [0.05, 0.1) is 24.0 Å². The summed E-state index contributed by atoms with van der Waals surface area (Å²) < 4.78 is 19.4. The number of aromatic carboxylic acids is 1. The van der Waals surface area contributed by atoms with Crippen molar-refractivity contribution in [2.75, 3.05) is 24.9 Å². The molecule has 40 heavy (non-hydrogen) atoms. The maximum Gasteiger partial charge on any atom is 0.361 e. The van der Waals surface area contributed by atoms with Crippen LogP contribution in [0.4, 0.5) is 16.2 Å². The number of amides is 2. The molecule has 3 N–H and O–H groups in total. The summed E-state index contributed by atoms with van der Waals surface area (Å²) in [4.78, 5) is 37.5. The summed E-state index contributed by atoms with van der Waals surface area (Å²) in [6, 6.07) is 20.8. The minimum Gasteiger partial charge on any atom is -0.495 e. The lowest BCUT2D eigenvalue weighted by molar-refractivity contribution is -0.221. The van der Waals surface area contributed by atoms with Gasteiger partial charge >= 0.3 is 17.9 Å². The molecule has 11 heteroatoms. The number of carbonyl (C=O) groups is 3. The summed E-state index contributed by atoms with van der Waals surface area (Å²) in [5.74, 6) is -2.81. The van der Waals surface area contributed by atoms with E-state index < -0.39 is 23.7 Å². The van der Waals surface area contributed by atoms with Crippen LogP contribution in [-0.4, -0.2) is 41.7 Å². The molecule has 0 saturated carbocycles. The van der Waals surface area contributed by atoms with Crippen molar-refractivity contribution in [3.05, 3.63) is 107 Å². The molecule has 3 aromatic carbocycles. The molecule has 0 aliphatic rings. The zero-order chi connectivity index (χ0) is 28.7. The van der Waals surface area contributed by atoms with Crippen LogP contribution in [0.3, 0.4) is 0 Å². The Hall–Kier alpha value is -4.61. The molecule has 1 aromatic heterocycles. The number of benzene rings is 3. The zero-order valence-corrected chi connectivity index (χ0v) is 23.2. The molecule has 10 nitrogen and oxygen atoms in total. The summed E-state index contributed by atoms with van der Waals surface area (Å²) in [6.07, 6.45) is 3.15. The number of rotatable bonds is 11. The first-order chi connectivity index (χ1) is 19.3. The highest BCUT2D eigenvalue weighted by Gasteiger charge is 2.43. The van der Waals surface area contributed by atoms with Crippen molar-refractivity contribution in [3.63, 3.8) is 0 Å². The Morgan fingerprint density at radius 2 is 1.57 bits per heavy atom. The van der Waals surface area contributed by atoms with E-state index in [0.717, 1.165) is 4.47 Å². The SMILES string of the molecule is COc1cc(CC(=O)C(OC)(Oc2ccc(C(=O)O)cc2)n2cccc2)ccc1NC(=O)Nc1ccccc1Br. The molecule has 4 rings (SSSR count). The molecule has 1 atom stereocenters. The number of hydrogen-bond donors (Lipinski definition) is 3. The molecule has 0 spiro atoms. The highest BCUT2D eigenvalue weighted by Crippen LogP contribution is 2.30. The van der Waals surface area contributed by atoms with Crippen LogP contribution in [0.25, 0.3) is 0 Å². The van der Waals surface area contributed by atoms with Crippen molar-refractivity contribution in [1.29, 1.82) is 0 Å². The van der Waals surface area contributed by atoms with Gasteiger partial charge < -0.3 is 30.0 Å². The lowest BCUT2D eigenvalue weighted by atomic mass is 10.1. The summed E-state index contributed by atoms with van der Waals surface area (Å²) in [5, 5.41) is 14.7. The van der Waals surface area contributed by atoms with Gasteiger partial charge in [-0.3, -0.25) is 9.36 Å². The first-order valence-electron chi connectivity index (χ1n) is 12.0. The summed E-state index contributed by atoms with van der Waals surface area (Å²) in [7, 11) is 2.81. The number of urea groups is 1. The van der Waals surface area contributed by atoms with E-state index in [2.05, 4.69) is 26.6 Å². The largest absolute Gasteiger partial charge is 0.495 e. The van der Waals surface area contributed by atoms with Gasteiger partial charge in [0.2, 0.25) is 5.78 Å². The summed E-state index contributed by atoms with van der Waals surface area (Å²) in [6.45, 7) is 0. The van der Waals surface area contributed by atoms with E-state index in [4.69, 9.17) is 14.2 Å². The Balaban J connectivity index is 1.55. The average molecular weight is 608 g/mol. The van der Waals surface area contributed by atoms with E-state index in [1.807, 2.05) is 12.1 Å². The van der Waals surface area contributed by atoms with Crippen molar-refractivity contribution in [3.8, 4) is 11.5 Å². The van der Waals surface area contributed by atoms with Gasteiger partial charge in [-0.2, -0.15) is 0 Å². The van der Waals surface area contributed by atoms with Gasteiger partial charge in [-0.25, -0.2) is 9.59 Å². The van der Waals surface area contributed by atoms with E-state index in [-0.39, 0.29) is 17.7 Å². The first-order valence-corrected chi connectivity index (χ1v) is 12.8. The predicted octanol–water partition coefficient (Wildman–Crippen LogP) is 5.75. The van der Waals surface area contributed by atoms with Crippen LogP contribution in [-0.2, 0) is 21.9 Å². The van der Waals surface area contributed by atoms with Gasteiger partial charge in [0.25, 0.3) is 0 Å². The van der Waals surface area contributed by atoms with Crippen LogP contribution in [0.2, 0.25) is 0 Å². The number of aromatic nitrogens is 1. The van der Waals surface area contributed by atoms with Gasteiger partial charge in [-0.05, 0) is 82.2 Å². The molecule has 4 aromatic rings. The van der Waals surface area contributed by atoms with E-state index in [1.165, 1.54) is 43.1 Å². The van der Waals surface area contributed by atoms with Crippen molar-refractivity contribution >= 4 is 45.1 Å². The van der Waals surface area contributed by atoms with Crippen molar-refractivity contribution in [2.45, 2.75) is 12.3 Å². The van der Waals surface area contributed by atoms with Gasteiger partial charge in [0.15, 0.2) is 0 Å². The third-order valence-corrected chi connectivity index (χ3v) is 6.62. The Morgan fingerprint density at radius 3 is 2.20 bits per heavy atom. The molecular weight excluding hydrogens is 582 g/mol. The number of ether oxygens (including phenoxy) is 3. The van der Waals surface area contributed by atoms with Gasteiger partial charge in [-0.1, -0.05) is 18.2 Å². The number of carbonyl (C=O) groups excluding carboxylic acids is 2. The number of carboxylic acids is 1. The highest BCUT2D eigenvalue weighted by molar-refractivity contribution is 9.10. The van der Waals surface area contributed by atoms with Crippen LogP contribution < -0.4 is 20.1 Å². The van der Waals surface area contributed by atoms with Crippen LogP contribution >= 0.6 is 15.9 Å². The molecule has 0 radical (unpaired) electrons. The van der Waals surface area contributed by atoms with Crippen LogP contribution in [0.15, 0.2) is 95.7 Å². The quantitative estimate of drug-likeness (QED) is 0.185. The summed E-state index contributed by atoms with van der Waals surface area (Å²) in [5.41, 5.74) is 1.66. The van der Waals surface area contributed by atoms with Crippen molar-refractivity contribution in [2.24, 2.45) is 0 Å². The molecule has 1 unspecified atom stereocenters. The Bertz CT molecular complexity index is 1510. The van der Waals surface area contributed by atoms with E-state index in [0.29, 0.717) is 22.7 Å². The Kier molecular flexibility index (Phi) is 8.87. The number of halogens is 1. The number of carboxylic acid groups (broad SMARTS) is 1. The first kappa shape index (κ1) is 28.4. The second-order valence-electron chi connectivity index (χ2n) is 8.50. The molecule has 0 fully saturated rings. The molecule has 0 aliphatic carbocycles. The number of ketones is 1. The molecule has 0 saturated heterocycles. The predicted molar refractivity (Wildman–Crippen MR) is 152 cm³/mol. The fourth-order valence-corrected chi connectivity index (χ4v) is 4.34. The fraction of sp³-hybridized carbons (Fsp3) is 0.138. The standard InChI is InChI=1S/C29H26BrN3O7/c1-38-25-17-19(9-14-24(25)32-28(37)31-23-8-4-3-7-22(23)30)18-26(34)29(39-2,33-15-5-6-16-33)40-21-12-10-20(11-13-21)27(35)36/h3-17H,18H2,1-2H3,(H,35,36)(H2,31,32,37). The second kappa shape index (κ2) is 12.5. The van der Waals surface area contributed by atoms with Crippen molar-refractivity contribution in [1.82, 2.24) is 4.57 Å². The lowest BCUT2D eigenvalue weighted by Gasteiger charge is -2.32. The van der Waals surface area contributed by atoms with Gasteiger partial charge in [-0.15, -0.1) is 0 Å². The number of methoxy groups -OCH3 is 2.